The number of carbonyl (C=O) groups is 5. The average Bonchev–Trinajstić information content (AvgIpc) is 3.34. The van der Waals surface area contributed by atoms with Crippen LogP contribution in [0.4, 0.5) is 20.1 Å². The van der Waals surface area contributed by atoms with Gasteiger partial charge in [-0.1, -0.05) is 41.5 Å². The summed E-state index contributed by atoms with van der Waals surface area (Å²) in [6.07, 6.45) is -3.30. The Morgan fingerprint density at radius 2 is 1.50 bits per heavy atom. The predicted octanol–water partition coefficient (Wildman–Crippen LogP) is 4.01. The Hall–Kier alpha value is -5.67. The van der Waals surface area contributed by atoms with Crippen LogP contribution in [0.2, 0.25) is 0 Å². The zero-order chi connectivity index (χ0) is 33.4. The number of rotatable bonds is 9. The van der Waals surface area contributed by atoms with Crippen molar-refractivity contribution in [1.82, 2.24) is 30.8 Å². The van der Waals surface area contributed by atoms with E-state index in [2.05, 4.69) is 30.5 Å². The second-order valence-electron chi connectivity index (χ2n) is 11.1. The number of alkyl carbamates (subject to hydrolysis) is 1. The summed E-state index contributed by atoms with van der Waals surface area (Å²) < 4.78 is 15.7. The number of anilines is 1. The summed E-state index contributed by atoms with van der Waals surface area (Å²) in [7, 11) is 1.51. The standard InChI is InChI=1S/C30H33N7O9/c1-18(25-32-34-26(35-33-25)21-10-6-19(7-11-21)16-31-27(40)45-30(2,3)4)44-28(41)36(5)22-12-8-20(9-13-22)17-43-29(42)46-37-23(38)14-15-24(37)39/h6-13,18H,14-17H2,1-5H3,(H,31,40). The maximum absolute atomic E-state index is 12.8. The lowest BCUT2D eigenvalue weighted by molar-refractivity contribution is -0.177. The molecule has 2 aromatic carbocycles. The van der Waals surface area contributed by atoms with E-state index in [-0.39, 0.29) is 37.6 Å². The van der Waals surface area contributed by atoms with Crippen molar-refractivity contribution in [3.05, 3.63) is 65.5 Å². The Morgan fingerprint density at radius 1 is 0.913 bits per heavy atom. The second-order valence-corrected chi connectivity index (χ2v) is 11.1. The number of carbonyl (C=O) groups excluding carboxylic acids is 5. The molecule has 0 aliphatic carbocycles. The molecule has 1 aliphatic rings. The van der Waals surface area contributed by atoms with Gasteiger partial charge in [0, 0.05) is 37.7 Å². The zero-order valence-electron chi connectivity index (χ0n) is 25.9. The highest BCUT2D eigenvalue weighted by Gasteiger charge is 2.33. The molecule has 1 aliphatic heterocycles. The van der Waals surface area contributed by atoms with Gasteiger partial charge in [0.25, 0.3) is 11.8 Å². The van der Waals surface area contributed by atoms with E-state index in [1.54, 1.807) is 76.2 Å². The number of amides is 4. The maximum Gasteiger partial charge on any atom is 0.534 e. The molecule has 1 unspecified atom stereocenters. The van der Waals surface area contributed by atoms with Crippen LogP contribution in [-0.4, -0.2) is 68.3 Å². The van der Waals surface area contributed by atoms with Crippen LogP contribution in [0, 0.1) is 0 Å². The lowest BCUT2D eigenvalue weighted by Gasteiger charge is -2.20. The van der Waals surface area contributed by atoms with Crippen molar-refractivity contribution in [2.45, 2.75) is 65.4 Å². The van der Waals surface area contributed by atoms with Crippen molar-refractivity contribution in [3.63, 3.8) is 0 Å². The maximum atomic E-state index is 12.8. The molecule has 1 saturated heterocycles. The summed E-state index contributed by atoms with van der Waals surface area (Å²) in [6.45, 7) is 7.04. The van der Waals surface area contributed by atoms with E-state index in [1.807, 2.05) is 0 Å². The van der Waals surface area contributed by atoms with E-state index in [0.717, 1.165) is 5.56 Å². The molecule has 3 aromatic rings. The molecule has 46 heavy (non-hydrogen) atoms. The molecular weight excluding hydrogens is 602 g/mol. The van der Waals surface area contributed by atoms with E-state index >= 15 is 0 Å². The highest BCUT2D eigenvalue weighted by Crippen LogP contribution is 2.20. The Balaban J connectivity index is 1.24. The average molecular weight is 636 g/mol. The Labute approximate surface area is 263 Å². The quantitative estimate of drug-likeness (QED) is 0.202. The minimum atomic E-state index is -1.19. The smallest absolute Gasteiger partial charge is 0.444 e. The molecule has 242 valence electrons. The molecule has 1 aromatic heterocycles. The zero-order valence-corrected chi connectivity index (χ0v) is 25.9. The molecule has 0 spiro atoms. The summed E-state index contributed by atoms with van der Waals surface area (Å²) in [4.78, 5) is 65.4. The number of aromatic nitrogens is 4. The van der Waals surface area contributed by atoms with Gasteiger partial charge in [0.05, 0.1) is 0 Å². The highest BCUT2D eigenvalue weighted by molar-refractivity contribution is 6.01. The Morgan fingerprint density at radius 3 is 2.09 bits per heavy atom. The minimum absolute atomic E-state index is 0.0232. The van der Waals surface area contributed by atoms with Crippen LogP contribution in [0.15, 0.2) is 48.5 Å². The molecule has 2 heterocycles. The number of hydrogen-bond donors (Lipinski definition) is 1. The van der Waals surface area contributed by atoms with Crippen molar-refractivity contribution >= 4 is 35.8 Å². The van der Waals surface area contributed by atoms with Gasteiger partial charge >= 0.3 is 18.3 Å². The molecule has 4 amide bonds. The van der Waals surface area contributed by atoms with E-state index in [4.69, 9.17) is 14.2 Å². The first-order valence-electron chi connectivity index (χ1n) is 14.2. The Kier molecular flexibility index (Phi) is 10.4. The number of nitrogens with one attached hydrogen (secondary N) is 1. The van der Waals surface area contributed by atoms with Gasteiger partial charge in [-0.2, -0.15) is 0 Å². The predicted molar refractivity (Wildman–Crippen MR) is 158 cm³/mol. The third-order valence-electron chi connectivity index (χ3n) is 6.31. The Bertz CT molecular complexity index is 1560. The van der Waals surface area contributed by atoms with Gasteiger partial charge in [0.2, 0.25) is 11.6 Å². The van der Waals surface area contributed by atoms with Gasteiger partial charge in [-0.3, -0.25) is 19.3 Å². The van der Waals surface area contributed by atoms with Gasteiger partial charge < -0.3 is 19.5 Å². The van der Waals surface area contributed by atoms with Crippen LogP contribution in [0.25, 0.3) is 11.4 Å². The fraction of sp³-hybridized carbons (Fsp3) is 0.367. The first-order chi connectivity index (χ1) is 21.8. The van der Waals surface area contributed by atoms with E-state index in [0.29, 0.717) is 21.9 Å². The number of hydrogen-bond acceptors (Lipinski definition) is 13. The summed E-state index contributed by atoms with van der Waals surface area (Å²) >= 11 is 0. The molecule has 0 saturated carbocycles. The summed E-state index contributed by atoms with van der Waals surface area (Å²) in [5, 5.41) is 19.4. The summed E-state index contributed by atoms with van der Waals surface area (Å²) in [5.74, 6) is -0.857. The van der Waals surface area contributed by atoms with Crippen molar-refractivity contribution in [1.29, 1.82) is 0 Å². The van der Waals surface area contributed by atoms with E-state index in [9.17, 15) is 24.0 Å². The van der Waals surface area contributed by atoms with Crippen LogP contribution in [0.3, 0.4) is 0 Å². The molecular formula is C30H33N7O9. The number of benzene rings is 2. The SMILES string of the molecule is CC(OC(=O)N(C)c1ccc(COC(=O)ON2C(=O)CCC2=O)cc1)c1nnc(-c2ccc(CNC(=O)OC(C)(C)C)cc2)nn1. The molecule has 1 atom stereocenters. The van der Waals surface area contributed by atoms with Crippen molar-refractivity contribution < 1.29 is 43.0 Å². The molecule has 16 nitrogen and oxygen atoms in total. The van der Waals surface area contributed by atoms with Crippen LogP contribution in [0.5, 0.6) is 0 Å². The largest absolute Gasteiger partial charge is 0.534 e. The lowest BCUT2D eigenvalue weighted by atomic mass is 10.1. The van der Waals surface area contributed by atoms with Crippen LogP contribution in [-0.2, 0) is 41.8 Å². The number of nitrogens with zero attached hydrogens (tertiary/aromatic N) is 6. The molecule has 0 bridgehead atoms. The third kappa shape index (κ3) is 9.17. The number of hydroxylamine groups is 2. The molecule has 1 fully saturated rings. The van der Waals surface area contributed by atoms with Crippen LogP contribution in [0.1, 0.15) is 63.6 Å². The molecule has 4 rings (SSSR count). The lowest BCUT2D eigenvalue weighted by Crippen LogP contribution is -2.32. The number of imide groups is 1. The molecule has 16 heteroatoms. The normalized spacial score (nSPS) is 13.5. The van der Waals surface area contributed by atoms with Gasteiger partial charge in [0.1, 0.15) is 12.2 Å². The first-order valence-corrected chi connectivity index (χ1v) is 14.2. The van der Waals surface area contributed by atoms with Crippen LogP contribution < -0.4 is 10.2 Å². The summed E-state index contributed by atoms with van der Waals surface area (Å²) in [6, 6.07) is 13.6. The molecule has 0 radical (unpaired) electrons. The van der Waals surface area contributed by atoms with Crippen molar-refractivity contribution in [3.8, 4) is 11.4 Å². The van der Waals surface area contributed by atoms with Gasteiger partial charge in [0.15, 0.2) is 6.10 Å². The summed E-state index contributed by atoms with van der Waals surface area (Å²) in [5.41, 5.74) is 1.95. The van der Waals surface area contributed by atoms with E-state index in [1.165, 1.54) is 11.9 Å². The number of ether oxygens (including phenoxy) is 3. The fourth-order valence-corrected chi connectivity index (χ4v) is 3.88. The first kappa shape index (κ1) is 33.2. The van der Waals surface area contributed by atoms with Crippen molar-refractivity contribution in [2.24, 2.45) is 0 Å². The fourth-order valence-electron chi connectivity index (χ4n) is 3.88. The van der Waals surface area contributed by atoms with E-state index < -0.39 is 41.9 Å². The minimum Gasteiger partial charge on any atom is -0.444 e. The van der Waals surface area contributed by atoms with Gasteiger partial charge in [-0.25, -0.2) is 14.4 Å². The molecule has 1 N–H and O–H groups in total. The highest BCUT2D eigenvalue weighted by atomic mass is 16.8. The van der Waals surface area contributed by atoms with Gasteiger partial charge in [-0.15, -0.1) is 20.4 Å². The third-order valence-corrected chi connectivity index (χ3v) is 6.31. The second kappa shape index (κ2) is 14.4. The van der Waals surface area contributed by atoms with Crippen molar-refractivity contribution in [2.75, 3.05) is 11.9 Å². The topological polar surface area (TPSA) is 192 Å². The van der Waals surface area contributed by atoms with Crippen LogP contribution >= 0.6 is 0 Å². The van der Waals surface area contributed by atoms with Gasteiger partial charge in [-0.05, 0) is 51.0 Å². The monoisotopic (exact) mass is 635 g/mol.